The predicted octanol–water partition coefficient (Wildman–Crippen LogP) is 2.74. The van der Waals surface area contributed by atoms with Crippen molar-refractivity contribution in [1.29, 1.82) is 0 Å². The van der Waals surface area contributed by atoms with Gasteiger partial charge in [-0.15, -0.1) is 5.10 Å². The van der Waals surface area contributed by atoms with E-state index in [1.165, 1.54) is 0 Å². The molecule has 2 rings (SSSR count). The largest absolute Gasteiger partial charge is 0.407 e. The maximum absolute atomic E-state index is 5.43. The predicted molar refractivity (Wildman–Crippen MR) is 65.0 cm³/mol. The van der Waals surface area contributed by atoms with Gasteiger partial charge >= 0.3 is 6.01 Å². The Hall–Kier alpha value is -1.36. The summed E-state index contributed by atoms with van der Waals surface area (Å²) < 4.78 is 6.32. The summed E-state index contributed by atoms with van der Waals surface area (Å²) in [7, 11) is 0. The summed E-state index contributed by atoms with van der Waals surface area (Å²) in [4.78, 5) is 0. The van der Waals surface area contributed by atoms with Gasteiger partial charge in [0.05, 0.1) is 5.41 Å². The molecule has 1 aromatic carbocycles. The van der Waals surface area contributed by atoms with Crippen LogP contribution in [0.3, 0.4) is 0 Å². The summed E-state index contributed by atoms with van der Waals surface area (Å²) >= 11 is 3.40. The van der Waals surface area contributed by atoms with Gasteiger partial charge in [0.1, 0.15) is 0 Å². The maximum atomic E-state index is 5.43. The first-order chi connectivity index (χ1) is 7.50. The Morgan fingerprint density at radius 2 is 1.81 bits per heavy atom. The Morgan fingerprint density at radius 1 is 1.19 bits per heavy atom. The number of benzene rings is 1. The summed E-state index contributed by atoms with van der Waals surface area (Å²) in [5.74, 6) is 0.521. The molecule has 0 atom stereocenters. The summed E-state index contributed by atoms with van der Waals surface area (Å²) in [5, 5.41) is 7.61. The summed E-state index contributed by atoms with van der Waals surface area (Å²) in [6.07, 6.45) is 0. The third-order valence-corrected chi connectivity index (χ3v) is 3.07. The lowest BCUT2D eigenvalue weighted by Crippen LogP contribution is -2.19. The van der Waals surface area contributed by atoms with Gasteiger partial charge in [-0.3, -0.25) is 0 Å². The van der Waals surface area contributed by atoms with Crippen LogP contribution in [0.1, 0.15) is 25.3 Å². The van der Waals surface area contributed by atoms with Crippen molar-refractivity contribution in [3.05, 3.63) is 40.2 Å². The minimum absolute atomic E-state index is 0.0974. The van der Waals surface area contributed by atoms with Crippen molar-refractivity contribution < 1.29 is 4.42 Å². The van der Waals surface area contributed by atoms with E-state index in [2.05, 4.69) is 26.1 Å². The highest BCUT2D eigenvalue weighted by molar-refractivity contribution is 9.10. The first-order valence-electron chi connectivity index (χ1n) is 4.85. The van der Waals surface area contributed by atoms with Gasteiger partial charge in [0.2, 0.25) is 5.89 Å². The van der Waals surface area contributed by atoms with Crippen molar-refractivity contribution in [3.63, 3.8) is 0 Å². The lowest BCUT2D eigenvalue weighted by molar-refractivity contribution is 0.422. The maximum Gasteiger partial charge on any atom is 0.312 e. The van der Waals surface area contributed by atoms with Gasteiger partial charge in [-0.25, -0.2) is 0 Å². The highest BCUT2D eigenvalue weighted by Crippen LogP contribution is 2.31. The van der Waals surface area contributed by atoms with Crippen molar-refractivity contribution in [2.24, 2.45) is 0 Å². The van der Waals surface area contributed by atoms with E-state index in [0.717, 1.165) is 10.0 Å². The number of halogens is 1. The second-order valence-electron chi connectivity index (χ2n) is 4.08. The number of anilines is 1. The van der Waals surface area contributed by atoms with Gasteiger partial charge in [-0.2, -0.15) is 0 Å². The molecule has 0 aliphatic heterocycles. The Morgan fingerprint density at radius 3 is 2.31 bits per heavy atom. The van der Waals surface area contributed by atoms with E-state index < -0.39 is 0 Å². The van der Waals surface area contributed by atoms with Gasteiger partial charge in [0.15, 0.2) is 0 Å². The second kappa shape index (κ2) is 3.90. The molecule has 0 aliphatic carbocycles. The van der Waals surface area contributed by atoms with Crippen LogP contribution in [0.5, 0.6) is 0 Å². The van der Waals surface area contributed by atoms with Gasteiger partial charge in [0, 0.05) is 4.47 Å². The van der Waals surface area contributed by atoms with E-state index in [4.69, 9.17) is 10.2 Å². The molecule has 2 N–H and O–H groups in total. The molecule has 2 aromatic rings. The van der Waals surface area contributed by atoms with Crippen LogP contribution in [-0.4, -0.2) is 10.2 Å². The zero-order valence-electron chi connectivity index (χ0n) is 9.07. The monoisotopic (exact) mass is 281 g/mol. The van der Waals surface area contributed by atoms with Gasteiger partial charge in [-0.05, 0) is 31.5 Å². The molecule has 1 aromatic heterocycles. The van der Waals surface area contributed by atoms with Gasteiger partial charge in [0.25, 0.3) is 0 Å². The number of nitrogens with two attached hydrogens (primary N) is 1. The molecule has 16 heavy (non-hydrogen) atoms. The highest BCUT2D eigenvalue weighted by Gasteiger charge is 2.29. The van der Waals surface area contributed by atoms with Crippen molar-refractivity contribution in [3.8, 4) is 0 Å². The smallest absolute Gasteiger partial charge is 0.312 e. The lowest BCUT2D eigenvalue weighted by atomic mass is 9.85. The second-order valence-corrected chi connectivity index (χ2v) is 4.99. The molecule has 0 saturated heterocycles. The third-order valence-electron chi connectivity index (χ3n) is 2.54. The standard InChI is InChI=1S/C11H12BrN3O/c1-11(2,9-14-15-10(13)16-9)7-3-5-8(12)6-4-7/h3-6H,1-2H3,(H2,13,15). The van der Waals surface area contributed by atoms with Crippen LogP contribution in [0.25, 0.3) is 0 Å². The van der Waals surface area contributed by atoms with Crippen LogP contribution in [-0.2, 0) is 5.41 Å². The van der Waals surface area contributed by atoms with Gasteiger partial charge < -0.3 is 10.2 Å². The molecule has 0 bridgehead atoms. The SMILES string of the molecule is CC(C)(c1ccc(Br)cc1)c1nnc(N)o1. The fourth-order valence-corrected chi connectivity index (χ4v) is 1.74. The van der Waals surface area contributed by atoms with Crippen LogP contribution >= 0.6 is 15.9 Å². The number of hydrogen-bond donors (Lipinski definition) is 1. The van der Waals surface area contributed by atoms with Crippen LogP contribution in [0.2, 0.25) is 0 Å². The van der Waals surface area contributed by atoms with Crippen LogP contribution in [0, 0.1) is 0 Å². The highest BCUT2D eigenvalue weighted by atomic mass is 79.9. The first-order valence-corrected chi connectivity index (χ1v) is 5.65. The molecule has 0 radical (unpaired) electrons. The molecule has 5 heteroatoms. The molecule has 84 valence electrons. The fourth-order valence-electron chi connectivity index (χ4n) is 1.48. The van der Waals surface area contributed by atoms with Crippen molar-refractivity contribution >= 4 is 21.9 Å². The van der Waals surface area contributed by atoms with E-state index in [-0.39, 0.29) is 11.4 Å². The van der Waals surface area contributed by atoms with Crippen LogP contribution in [0.4, 0.5) is 6.01 Å². The zero-order chi connectivity index (χ0) is 11.8. The summed E-state index contributed by atoms with van der Waals surface area (Å²) in [5.41, 5.74) is 6.18. The molecule has 0 spiro atoms. The van der Waals surface area contributed by atoms with Crippen LogP contribution in [0.15, 0.2) is 33.2 Å². The third kappa shape index (κ3) is 1.95. The van der Waals surface area contributed by atoms with Crippen molar-refractivity contribution in [2.75, 3.05) is 5.73 Å². The summed E-state index contributed by atoms with van der Waals surface area (Å²) in [6, 6.07) is 8.10. The minimum atomic E-state index is -0.342. The Kier molecular flexibility index (Phi) is 2.71. The van der Waals surface area contributed by atoms with E-state index >= 15 is 0 Å². The number of aromatic nitrogens is 2. The molecule has 4 nitrogen and oxygen atoms in total. The molecule has 0 aliphatic rings. The van der Waals surface area contributed by atoms with E-state index in [1.807, 2.05) is 38.1 Å². The van der Waals surface area contributed by atoms with Crippen molar-refractivity contribution in [2.45, 2.75) is 19.3 Å². The zero-order valence-corrected chi connectivity index (χ0v) is 10.7. The number of rotatable bonds is 2. The number of hydrogen-bond acceptors (Lipinski definition) is 4. The molecular formula is C11H12BrN3O. The minimum Gasteiger partial charge on any atom is -0.407 e. The Labute approximate surface area is 102 Å². The van der Waals surface area contributed by atoms with E-state index in [9.17, 15) is 0 Å². The topological polar surface area (TPSA) is 64.9 Å². The average molecular weight is 282 g/mol. The molecule has 0 saturated carbocycles. The fraction of sp³-hybridized carbons (Fsp3) is 0.273. The molecule has 0 unspecified atom stereocenters. The van der Waals surface area contributed by atoms with E-state index in [1.54, 1.807) is 0 Å². The Balaban J connectivity index is 2.42. The molecule has 0 fully saturated rings. The molecular weight excluding hydrogens is 270 g/mol. The van der Waals surface area contributed by atoms with Crippen LogP contribution < -0.4 is 5.73 Å². The van der Waals surface area contributed by atoms with E-state index in [0.29, 0.717) is 5.89 Å². The average Bonchev–Trinajstić information content (AvgIpc) is 2.66. The molecule has 1 heterocycles. The first kappa shape index (κ1) is 11.1. The molecule has 0 amide bonds. The normalized spacial score (nSPS) is 11.7. The van der Waals surface area contributed by atoms with Gasteiger partial charge in [-0.1, -0.05) is 33.2 Å². The quantitative estimate of drug-likeness (QED) is 0.919. The Bertz CT molecular complexity index is 490. The summed E-state index contributed by atoms with van der Waals surface area (Å²) in [6.45, 7) is 4.03. The number of nitrogens with zero attached hydrogens (tertiary/aromatic N) is 2. The number of nitrogen functional groups attached to an aromatic ring is 1. The lowest BCUT2D eigenvalue weighted by Gasteiger charge is -2.20. The van der Waals surface area contributed by atoms with Crippen molar-refractivity contribution in [1.82, 2.24) is 10.2 Å².